The lowest BCUT2D eigenvalue weighted by molar-refractivity contribution is -0.129. The number of rotatable bonds is 4. The van der Waals surface area contributed by atoms with Crippen molar-refractivity contribution in [1.29, 1.82) is 0 Å². The Morgan fingerprint density at radius 3 is 2.55 bits per heavy atom. The van der Waals surface area contributed by atoms with E-state index in [1.54, 1.807) is 9.80 Å². The Bertz CT molecular complexity index is 503. The number of allylic oxidation sites excluding steroid dienone is 2. The van der Waals surface area contributed by atoms with Gasteiger partial charge in [0, 0.05) is 12.6 Å². The largest absolute Gasteiger partial charge is 0.327 e. The number of urea groups is 1. The number of imide groups is 1. The molecule has 1 saturated carbocycles. The van der Waals surface area contributed by atoms with Crippen LogP contribution < -0.4 is 0 Å². The van der Waals surface area contributed by atoms with Gasteiger partial charge in [-0.25, -0.2) is 4.79 Å². The topological polar surface area (TPSA) is 40.6 Å². The maximum absolute atomic E-state index is 13.0. The Morgan fingerprint density at radius 1 is 1.14 bits per heavy atom. The van der Waals surface area contributed by atoms with Crippen LogP contribution in [0.3, 0.4) is 0 Å². The molecule has 4 heteroatoms. The highest BCUT2D eigenvalue weighted by molar-refractivity contribution is 6.06. The molecule has 120 valence electrons. The number of carbonyl (C=O) groups excluding carboxylic acids is 2. The van der Waals surface area contributed by atoms with Crippen molar-refractivity contribution in [3.8, 4) is 0 Å². The van der Waals surface area contributed by atoms with Crippen LogP contribution in [0, 0.1) is 0 Å². The lowest BCUT2D eigenvalue weighted by Gasteiger charge is -2.29. The van der Waals surface area contributed by atoms with E-state index >= 15 is 0 Å². The predicted octanol–water partition coefficient (Wildman–Crippen LogP) is 3.64. The number of amides is 3. The van der Waals surface area contributed by atoms with E-state index < -0.39 is 0 Å². The quantitative estimate of drug-likeness (QED) is 0.744. The van der Waals surface area contributed by atoms with Gasteiger partial charge in [-0.05, 0) is 37.7 Å². The summed E-state index contributed by atoms with van der Waals surface area (Å²) in [5.41, 5.74) is 1.01. The van der Waals surface area contributed by atoms with Crippen molar-refractivity contribution in [2.75, 3.05) is 6.54 Å². The van der Waals surface area contributed by atoms with Gasteiger partial charge in [0.25, 0.3) is 5.91 Å². The second-order valence-corrected chi connectivity index (χ2v) is 6.56. The van der Waals surface area contributed by atoms with Gasteiger partial charge in [0.05, 0.1) is 0 Å². The highest BCUT2D eigenvalue weighted by atomic mass is 16.2. The van der Waals surface area contributed by atoms with Crippen LogP contribution in [0.5, 0.6) is 0 Å². The Labute approximate surface area is 132 Å². The molecule has 1 atom stereocenters. The summed E-state index contributed by atoms with van der Waals surface area (Å²) in [6.45, 7) is 2.72. The first-order valence-electron chi connectivity index (χ1n) is 8.74. The highest BCUT2D eigenvalue weighted by Gasteiger charge is 2.48. The highest BCUT2D eigenvalue weighted by Crippen LogP contribution is 2.32. The average Bonchev–Trinajstić information content (AvgIpc) is 2.80. The van der Waals surface area contributed by atoms with Gasteiger partial charge in [-0.15, -0.1) is 0 Å². The fourth-order valence-electron chi connectivity index (χ4n) is 3.91. The molecule has 1 aliphatic heterocycles. The Balaban J connectivity index is 1.87. The SMILES string of the molecule is CCCN1C(=O)N(C2CCCCC2)C(=O)C1C1=CCCC=C1. The van der Waals surface area contributed by atoms with Crippen LogP contribution >= 0.6 is 0 Å². The molecule has 0 aromatic carbocycles. The molecule has 4 nitrogen and oxygen atoms in total. The minimum absolute atomic E-state index is 0.00292. The van der Waals surface area contributed by atoms with E-state index in [-0.39, 0.29) is 24.0 Å². The van der Waals surface area contributed by atoms with Crippen molar-refractivity contribution in [2.24, 2.45) is 0 Å². The molecular weight excluding hydrogens is 276 g/mol. The van der Waals surface area contributed by atoms with Crippen LogP contribution in [0.25, 0.3) is 0 Å². The monoisotopic (exact) mass is 302 g/mol. The van der Waals surface area contributed by atoms with E-state index in [9.17, 15) is 9.59 Å². The minimum Gasteiger partial charge on any atom is -0.308 e. The van der Waals surface area contributed by atoms with E-state index in [4.69, 9.17) is 0 Å². The van der Waals surface area contributed by atoms with Crippen molar-refractivity contribution in [1.82, 2.24) is 9.80 Å². The third-order valence-electron chi connectivity index (χ3n) is 4.98. The molecule has 3 aliphatic rings. The molecule has 0 N–H and O–H groups in total. The molecular formula is C18H26N2O2. The number of hydrogen-bond donors (Lipinski definition) is 0. The van der Waals surface area contributed by atoms with Gasteiger partial charge in [0.15, 0.2) is 0 Å². The van der Waals surface area contributed by atoms with Crippen LogP contribution in [0.15, 0.2) is 23.8 Å². The number of hydrogen-bond acceptors (Lipinski definition) is 2. The molecule has 0 aromatic rings. The number of carbonyl (C=O) groups is 2. The van der Waals surface area contributed by atoms with Crippen molar-refractivity contribution >= 4 is 11.9 Å². The summed E-state index contributed by atoms with van der Waals surface area (Å²) in [5, 5.41) is 0. The molecule has 2 aliphatic carbocycles. The molecule has 2 fully saturated rings. The van der Waals surface area contributed by atoms with Crippen LogP contribution in [-0.2, 0) is 4.79 Å². The zero-order valence-corrected chi connectivity index (χ0v) is 13.5. The molecule has 1 heterocycles. The number of nitrogens with zero attached hydrogens (tertiary/aromatic N) is 2. The summed E-state index contributed by atoms with van der Waals surface area (Å²) in [4.78, 5) is 29.2. The van der Waals surface area contributed by atoms with Crippen LogP contribution in [0.2, 0.25) is 0 Å². The van der Waals surface area contributed by atoms with E-state index in [0.717, 1.165) is 50.5 Å². The van der Waals surface area contributed by atoms with E-state index in [0.29, 0.717) is 6.54 Å². The molecule has 22 heavy (non-hydrogen) atoms. The van der Waals surface area contributed by atoms with Crippen LogP contribution in [0.1, 0.15) is 58.3 Å². The van der Waals surface area contributed by atoms with Crippen molar-refractivity contribution in [3.63, 3.8) is 0 Å². The first kappa shape index (κ1) is 15.3. The summed E-state index contributed by atoms with van der Waals surface area (Å²) < 4.78 is 0. The second kappa shape index (κ2) is 6.67. The second-order valence-electron chi connectivity index (χ2n) is 6.56. The lowest BCUT2D eigenvalue weighted by atomic mass is 9.93. The summed E-state index contributed by atoms with van der Waals surface area (Å²) in [5.74, 6) is 0.00292. The molecule has 0 radical (unpaired) electrons. The van der Waals surface area contributed by atoms with Crippen molar-refractivity contribution < 1.29 is 9.59 Å². The summed E-state index contributed by atoms with van der Waals surface area (Å²) in [6.07, 6.45) is 14.6. The fraction of sp³-hybridized carbons (Fsp3) is 0.667. The molecule has 3 amide bonds. The van der Waals surface area contributed by atoms with Gasteiger partial charge >= 0.3 is 6.03 Å². The molecule has 1 saturated heterocycles. The molecule has 0 bridgehead atoms. The third-order valence-corrected chi connectivity index (χ3v) is 4.98. The van der Waals surface area contributed by atoms with E-state index in [1.807, 2.05) is 6.08 Å². The summed E-state index contributed by atoms with van der Waals surface area (Å²) in [7, 11) is 0. The first-order valence-corrected chi connectivity index (χ1v) is 8.74. The van der Waals surface area contributed by atoms with Gasteiger partial charge in [0.2, 0.25) is 0 Å². The maximum atomic E-state index is 13.0. The normalized spacial score (nSPS) is 26.8. The lowest BCUT2D eigenvalue weighted by Crippen LogP contribution is -2.42. The first-order chi connectivity index (χ1) is 10.7. The summed E-state index contributed by atoms with van der Waals surface area (Å²) >= 11 is 0. The molecule has 1 unspecified atom stereocenters. The third kappa shape index (κ3) is 2.71. The standard InChI is InChI=1S/C18H26N2O2/c1-2-13-19-16(14-9-5-3-6-10-14)17(21)20(18(19)22)15-11-7-4-8-12-15/h5,9-10,15-16H,2-4,6-8,11-13H2,1H3. The molecule has 3 rings (SSSR count). The Morgan fingerprint density at radius 2 is 1.91 bits per heavy atom. The predicted molar refractivity (Wildman–Crippen MR) is 86.4 cm³/mol. The van der Waals surface area contributed by atoms with Gasteiger partial charge < -0.3 is 4.90 Å². The van der Waals surface area contributed by atoms with Gasteiger partial charge in [0.1, 0.15) is 6.04 Å². The van der Waals surface area contributed by atoms with E-state index in [1.165, 1.54) is 6.42 Å². The average molecular weight is 302 g/mol. The van der Waals surface area contributed by atoms with Gasteiger partial charge in [-0.1, -0.05) is 44.4 Å². The Kier molecular flexibility index (Phi) is 4.65. The van der Waals surface area contributed by atoms with Crippen molar-refractivity contribution in [3.05, 3.63) is 23.8 Å². The van der Waals surface area contributed by atoms with Crippen LogP contribution in [0.4, 0.5) is 4.79 Å². The molecule has 0 aromatic heterocycles. The maximum Gasteiger partial charge on any atom is 0.327 e. The minimum atomic E-state index is -0.383. The molecule has 0 spiro atoms. The van der Waals surface area contributed by atoms with Crippen molar-refractivity contribution in [2.45, 2.75) is 70.4 Å². The zero-order valence-electron chi connectivity index (χ0n) is 13.5. The smallest absolute Gasteiger partial charge is 0.308 e. The van der Waals surface area contributed by atoms with Gasteiger partial charge in [-0.3, -0.25) is 9.69 Å². The van der Waals surface area contributed by atoms with Gasteiger partial charge in [-0.2, -0.15) is 0 Å². The Hall–Kier alpha value is -1.58. The summed E-state index contributed by atoms with van der Waals surface area (Å²) in [6, 6.07) is -0.333. The van der Waals surface area contributed by atoms with E-state index in [2.05, 4.69) is 19.1 Å². The fourth-order valence-corrected chi connectivity index (χ4v) is 3.91. The van der Waals surface area contributed by atoms with Crippen LogP contribution in [-0.4, -0.2) is 40.4 Å². The zero-order chi connectivity index (χ0) is 15.5.